The van der Waals surface area contributed by atoms with E-state index in [1.165, 1.54) is 28.0 Å². The number of hydrogen-bond acceptors (Lipinski definition) is 7. The summed E-state index contributed by atoms with van der Waals surface area (Å²) in [4.78, 5) is 13.5. The molecule has 0 spiro atoms. The summed E-state index contributed by atoms with van der Waals surface area (Å²) in [7, 11) is 0. The van der Waals surface area contributed by atoms with Gasteiger partial charge in [-0.2, -0.15) is 5.26 Å². The van der Waals surface area contributed by atoms with Crippen molar-refractivity contribution in [3.8, 4) is 6.07 Å². The molecule has 2 aromatic heterocycles. The maximum Gasteiger partial charge on any atom is 0.235 e. The topological polar surface area (TPSA) is 96.5 Å². The first kappa shape index (κ1) is 16.9. The van der Waals surface area contributed by atoms with Crippen LogP contribution < -0.4 is 5.32 Å². The minimum atomic E-state index is -0.245. The van der Waals surface area contributed by atoms with E-state index < -0.39 is 0 Å². The van der Waals surface area contributed by atoms with Gasteiger partial charge in [-0.1, -0.05) is 11.8 Å². The standard InChI is InChI=1S/C15H18N6OS2/c1-15(2,3)21-14(18-19-20-21)23-8-12(22)17-13-10(7-16)9-5-4-6-11(9)24-13/h4-6,8H2,1-3H3,(H,17,22). The Balaban J connectivity index is 1.66. The number of tetrazole rings is 1. The predicted molar refractivity (Wildman–Crippen MR) is 93.2 cm³/mol. The van der Waals surface area contributed by atoms with Crippen molar-refractivity contribution >= 4 is 34.0 Å². The van der Waals surface area contributed by atoms with Gasteiger partial charge in [0.25, 0.3) is 0 Å². The first-order valence-corrected chi connectivity index (χ1v) is 9.46. The second kappa shape index (κ2) is 6.53. The van der Waals surface area contributed by atoms with Gasteiger partial charge in [0.15, 0.2) is 0 Å². The number of carbonyl (C=O) groups is 1. The second-order valence-corrected chi connectivity index (χ2v) is 8.60. The third-order valence-electron chi connectivity index (χ3n) is 3.69. The van der Waals surface area contributed by atoms with E-state index in [2.05, 4.69) is 26.9 Å². The maximum absolute atomic E-state index is 12.3. The molecule has 0 radical (unpaired) electrons. The molecule has 1 N–H and O–H groups in total. The Morgan fingerprint density at radius 3 is 2.96 bits per heavy atom. The van der Waals surface area contributed by atoms with Gasteiger partial charge >= 0.3 is 0 Å². The van der Waals surface area contributed by atoms with E-state index in [4.69, 9.17) is 0 Å². The van der Waals surface area contributed by atoms with Gasteiger partial charge in [0, 0.05) is 4.88 Å². The van der Waals surface area contributed by atoms with Crippen molar-refractivity contribution < 1.29 is 4.79 Å². The van der Waals surface area contributed by atoms with Crippen LogP contribution in [0.3, 0.4) is 0 Å². The molecule has 2 heterocycles. The van der Waals surface area contributed by atoms with Crippen molar-refractivity contribution in [2.45, 2.75) is 50.7 Å². The number of anilines is 1. The number of nitrogens with zero attached hydrogens (tertiary/aromatic N) is 5. The molecule has 7 nitrogen and oxygen atoms in total. The van der Waals surface area contributed by atoms with Gasteiger partial charge < -0.3 is 5.32 Å². The molecule has 1 amide bonds. The lowest BCUT2D eigenvalue weighted by Gasteiger charge is -2.19. The fourth-order valence-corrected chi connectivity index (χ4v) is 4.71. The molecule has 0 unspecified atom stereocenters. The Kier molecular flexibility index (Phi) is 4.60. The minimum absolute atomic E-state index is 0.153. The molecule has 0 atom stereocenters. The molecular formula is C15H18N6OS2. The number of thioether (sulfide) groups is 1. The lowest BCUT2D eigenvalue weighted by atomic mass is 10.1. The highest BCUT2D eigenvalue weighted by atomic mass is 32.2. The molecule has 3 rings (SSSR count). The Bertz CT molecular complexity index is 811. The average molecular weight is 362 g/mol. The van der Waals surface area contributed by atoms with Crippen LogP contribution in [0.15, 0.2) is 5.16 Å². The van der Waals surface area contributed by atoms with Crippen LogP contribution in [-0.2, 0) is 23.2 Å². The summed E-state index contributed by atoms with van der Waals surface area (Å²) in [6, 6.07) is 2.23. The molecule has 0 saturated heterocycles. The SMILES string of the molecule is CC(C)(C)n1nnnc1SCC(=O)Nc1sc2c(c1C#N)CCC2. The van der Waals surface area contributed by atoms with Crippen LogP contribution in [0.2, 0.25) is 0 Å². The number of hydrogen-bond donors (Lipinski definition) is 1. The van der Waals surface area contributed by atoms with Gasteiger partial charge in [-0.25, -0.2) is 4.68 Å². The third kappa shape index (κ3) is 3.30. The first-order valence-electron chi connectivity index (χ1n) is 7.66. The van der Waals surface area contributed by atoms with E-state index in [9.17, 15) is 10.1 Å². The monoisotopic (exact) mass is 362 g/mol. The highest BCUT2D eigenvalue weighted by Crippen LogP contribution is 2.38. The molecule has 0 fully saturated rings. The van der Waals surface area contributed by atoms with Crippen molar-refractivity contribution in [2.24, 2.45) is 0 Å². The zero-order valence-electron chi connectivity index (χ0n) is 13.8. The third-order valence-corrected chi connectivity index (χ3v) is 5.82. The summed E-state index contributed by atoms with van der Waals surface area (Å²) in [5.74, 6) is 0.0454. The van der Waals surface area contributed by atoms with Crippen molar-refractivity contribution in [3.05, 3.63) is 16.0 Å². The van der Waals surface area contributed by atoms with Gasteiger partial charge in [0.2, 0.25) is 11.1 Å². The fourth-order valence-electron chi connectivity index (χ4n) is 2.59. The van der Waals surface area contributed by atoms with Crippen molar-refractivity contribution in [1.29, 1.82) is 5.26 Å². The number of aromatic nitrogens is 4. The van der Waals surface area contributed by atoms with Crippen LogP contribution in [0.4, 0.5) is 5.00 Å². The molecule has 9 heteroatoms. The van der Waals surface area contributed by atoms with Crippen molar-refractivity contribution in [2.75, 3.05) is 11.1 Å². The Morgan fingerprint density at radius 1 is 1.46 bits per heavy atom. The number of nitrogens with one attached hydrogen (secondary N) is 1. The molecule has 0 saturated carbocycles. The van der Waals surface area contributed by atoms with Crippen LogP contribution in [0, 0.1) is 11.3 Å². The average Bonchev–Trinajstić information content (AvgIpc) is 3.19. The number of fused-ring (bicyclic) bond motifs is 1. The van der Waals surface area contributed by atoms with Gasteiger partial charge in [-0.05, 0) is 56.0 Å². The lowest BCUT2D eigenvalue weighted by molar-refractivity contribution is -0.113. The zero-order chi connectivity index (χ0) is 17.3. The van der Waals surface area contributed by atoms with Gasteiger partial charge in [0.1, 0.15) is 11.1 Å². The number of amides is 1. The summed E-state index contributed by atoms with van der Waals surface area (Å²) in [6.45, 7) is 6.00. The molecule has 0 aromatic carbocycles. The van der Waals surface area contributed by atoms with Crippen LogP contribution in [0.1, 0.15) is 43.2 Å². The van der Waals surface area contributed by atoms with E-state index in [-0.39, 0.29) is 17.2 Å². The quantitative estimate of drug-likeness (QED) is 0.840. The molecular weight excluding hydrogens is 344 g/mol. The van der Waals surface area contributed by atoms with E-state index in [0.29, 0.717) is 15.7 Å². The maximum atomic E-state index is 12.3. The molecule has 0 aliphatic heterocycles. The van der Waals surface area contributed by atoms with Crippen LogP contribution in [-0.4, -0.2) is 31.9 Å². The zero-order valence-corrected chi connectivity index (χ0v) is 15.4. The number of thiophene rings is 1. The van der Waals surface area contributed by atoms with Crippen molar-refractivity contribution in [1.82, 2.24) is 20.2 Å². The number of nitriles is 1. The highest BCUT2D eigenvalue weighted by molar-refractivity contribution is 7.99. The molecule has 126 valence electrons. The van der Waals surface area contributed by atoms with E-state index in [1.807, 2.05) is 20.8 Å². The van der Waals surface area contributed by atoms with Gasteiger partial charge in [0.05, 0.1) is 16.9 Å². The molecule has 1 aliphatic rings. The summed E-state index contributed by atoms with van der Waals surface area (Å²) in [5, 5.41) is 25.1. The Morgan fingerprint density at radius 2 is 2.25 bits per heavy atom. The molecule has 2 aromatic rings. The predicted octanol–water partition coefficient (Wildman–Crippen LogP) is 2.58. The Labute approximate surface area is 148 Å². The van der Waals surface area contributed by atoms with E-state index in [1.54, 1.807) is 4.68 Å². The first-order chi connectivity index (χ1) is 11.4. The summed E-state index contributed by atoms with van der Waals surface area (Å²) < 4.78 is 1.70. The van der Waals surface area contributed by atoms with Crippen LogP contribution in [0.5, 0.6) is 0 Å². The smallest absolute Gasteiger partial charge is 0.235 e. The van der Waals surface area contributed by atoms with Crippen molar-refractivity contribution in [3.63, 3.8) is 0 Å². The highest BCUT2D eigenvalue weighted by Gasteiger charge is 2.24. The molecule has 24 heavy (non-hydrogen) atoms. The minimum Gasteiger partial charge on any atom is -0.316 e. The van der Waals surface area contributed by atoms with Crippen LogP contribution >= 0.6 is 23.1 Å². The summed E-state index contributed by atoms with van der Waals surface area (Å²) >= 11 is 2.81. The largest absolute Gasteiger partial charge is 0.316 e. The number of carbonyl (C=O) groups excluding carboxylic acids is 1. The lowest BCUT2D eigenvalue weighted by Crippen LogP contribution is -2.24. The van der Waals surface area contributed by atoms with Crippen LogP contribution in [0.25, 0.3) is 0 Å². The molecule has 0 bridgehead atoms. The fraction of sp³-hybridized carbons (Fsp3) is 0.533. The number of aryl methyl sites for hydroxylation is 1. The number of rotatable bonds is 4. The molecule has 1 aliphatic carbocycles. The van der Waals surface area contributed by atoms with Gasteiger partial charge in [-0.3, -0.25) is 4.79 Å². The normalized spacial score (nSPS) is 13.6. The summed E-state index contributed by atoms with van der Waals surface area (Å²) in [5.41, 5.74) is 1.50. The second-order valence-electron chi connectivity index (χ2n) is 6.55. The van der Waals surface area contributed by atoms with E-state index >= 15 is 0 Å². The summed E-state index contributed by atoms with van der Waals surface area (Å²) in [6.07, 6.45) is 3.02. The van der Waals surface area contributed by atoms with E-state index in [0.717, 1.165) is 24.8 Å². The Hall–Kier alpha value is -1.92. The van der Waals surface area contributed by atoms with Gasteiger partial charge in [-0.15, -0.1) is 16.4 Å².